The van der Waals surface area contributed by atoms with Gasteiger partial charge >= 0.3 is 12.1 Å². The molecule has 0 unspecified atom stereocenters. The molecular weight excluding hydrogens is 276 g/mol. The molecule has 0 aromatic carbocycles. The maximum Gasteiger partial charge on any atom is 0.408 e. The van der Waals surface area contributed by atoms with Crippen LogP contribution in [0.25, 0.3) is 0 Å². The van der Waals surface area contributed by atoms with Crippen LogP contribution in [0.15, 0.2) is 10.7 Å². The summed E-state index contributed by atoms with van der Waals surface area (Å²) >= 11 is 0. The summed E-state index contributed by atoms with van der Waals surface area (Å²) in [4.78, 5) is 27.3. The molecule has 0 aliphatic rings. The number of alkyl carbamates (subject to hydrolysis) is 1. The fraction of sp³-hybridized carbons (Fsp3) is 0.643. The number of oxazole rings is 1. The third-order valence-corrected chi connectivity index (χ3v) is 2.52. The van der Waals surface area contributed by atoms with E-state index in [-0.39, 0.29) is 17.5 Å². The monoisotopic (exact) mass is 298 g/mol. The number of carbonyl (C=O) groups is 2. The highest BCUT2D eigenvalue weighted by atomic mass is 16.6. The maximum absolute atomic E-state index is 11.8. The van der Waals surface area contributed by atoms with E-state index in [0.29, 0.717) is 0 Å². The van der Waals surface area contributed by atoms with E-state index in [0.717, 1.165) is 0 Å². The van der Waals surface area contributed by atoms with E-state index in [2.05, 4.69) is 15.0 Å². The first kappa shape index (κ1) is 17.0. The number of rotatable bonds is 4. The average Bonchev–Trinajstić information content (AvgIpc) is 2.81. The van der Waals surface area contributed by atoms with Gasteiger partial charge in [-0.15, -0.1) is 0 Å². The van der Waals surface area contributed by atoms with Crippen LogP contribution in [0.5, 0.6) is 0 Å². The zero-order valence-electron chi connectivity index (χ0n) is 13.2. The molecule has 0 fully saturated rings. The first-order chi connectivity index (χ1) is 9.64. The summed E-state index contributed by atoms with van der Waals surface area (Å²) in [5.41, 5.74) is -0.538. The Bertz CT molecular complexity index is 502. The molecule has 1 aromatic rings. The van der Waals surface area contributed by atoms with Crippen molar-refractivity contribution in [3.63, 3.8) is 0 Å². The summed E-state index contributed by atoms with van der Waals surface area (Å²) in [6.45, 7) is 9.11. The molecule has 1 N–H and O–H groups in total. The molecule has 0 saturated heterocycles. The Morgan fingerprint density at radius 3 is 2.43 bits per heavy atom. The third kappa shape index (κ3) is 5.09. The zero-order chi connectivity index (χ0) is 16.2. The molecule has 7 nitrogen and oxygen atoms in total. The summed E-state index contributed by atoms with van der Waals surface area (Å²) < 4.78 is 15.0. The number of hydrogen-bond donors (Lipinski definition) is 1. The number of esters is 1. The lowest BCUT2D eigenvalue weighted by Gasteiger charge is -2.24. The predicted octanol–water partition coefficient (Wildman–Crippen LogP) is 2.68. The molecule has 1 heterocycles. The van der Waals surface area contributed by atoms with Crippen LogP contribution in [0, 0.1) is 5.92 Å². The highest BCUT2D eigenvalue weighted by Gasteiger charge is 2.27. The molecule has 7 heteroatoms. The van der Waals surface area contributed by atoms with Crippen molar-refractivity contribution in [2.24, 2.45) is 5.92 Å². The molecule has 21 heavy (non-hydrogen) atoms. The van der Waals surface area contributed by atoms with Gasteiger partial charge < -0.3 is 19.2 Å². The minimum Gasteiger partial charge on any atom is -0.464 e. The van der Waals surface area contributed by atoms with Crippen LogP contribution in [0.4, 0.5) is 4.79 Å². The van der Waals surface area contributed by atoms with Gasteiger partial charge in [0.2, 0.25) is 5.89 Å². The molecule has 118 valence electrons. The maximum atomic E-state index is 11.8. The van der Waals surface area contributed by atoms with Gasteiger partial charge in [0.15, 0.2) is 5.69 Å². The number of hydrogen-bond acceptors (Lipinski definition) is 6. The lowest BCUT2D eigenvalue weighted by atomic mass is 10.0. The number of nitrogens with one attached hydrogen (secondary N) is 1. The number of methoxy groups -OCH3 is 1. The van der Waals surface area contributed by atoms with Gasteiger partial charge in [0, 0.05) is 0 Å². The Balaban J connectivity index is 2.85. The summed E-state index contributed by atoms with van der Waals surface area (Å²) in [5.74, 6) is -0.359. The van der Waals surface area contributed by atoms with Crippen molar-refractivity contribution in [3.05, 3.63) is 17.8 Å². The van der Waals surface area contributed by atoms with Gasteiger partial charge in [0.1, 0.15) is 17.9 Å². The second kappa shape index (κ2) is 6.60. The highest BCUT2D eigenvalue weighted by molar-refractivity contribution is 5.86. The molecule has 0 bridgehead atoms. The van der Waals surface area contributed by atoms with E-state index in [4.69, 9.17) is 9.15 Å². The van der Waals surface area contributed by atoms with Gasteiger partial charge in [0.25, 0.3) is 0 Å². The Morgan fingerprint density at radius 2 is 1.95 bits per heavy atom. The van der Waals surface area contributed by atoms with Gasteiger partial charge in [-0.1, -0.05) is 13.8 Å². The van der Waals surface area contributed by atoms with Gasteiger partial charge in [-0.05, 0) is 26.7 Å². The molecular formula is C14H22N2O5. The minimum atomic E-state index is -0.598. The molecule has 0 saturated carbocycles. The molecule has 0 spiro atoms. The van der Waals surface area contributed by atoms with Crippen molar-refractivity contribution in [1.82, 2.24) is 10.3 Å². The molecule has 1 amide bonds. The second-order valence-electron chi connectivity index (χ2n) is 5.93. The molecule has 1 aromatic heterocycles. The smallest absolute Gasteiger partial charge is 0.408 e. The zero-order valence-corrected chi connectivity index (χ0v) is 13.2. The van der Waals surface area contributed by atoms with Crippen molar-refractivity contribution in [3.8, 4) is 0 Å². The van der Waals surface area contributed by atoms with Crippen LogP contribution in [-0.2, 0) is 9.47 Å². The topological polar surface area (TPSA) is 90.7 Å². The Labute approximate surface area is 124 Å². The van der Waals surface area contributed by atoms with Crippen LogP contribution in [0.3, 0.4) is 0 Å². The van der Waals surface area contributed by atoms with Gasteiger partial charge in [-0.25, -0.2) is 14.6 Å². The van der Waals surface area contributed by atoms with E-state index in [1.165, 1.54) is 13.4 Å². The first-order valence-corrected chi connectivity index (χ1v) is 6.67. The molecule has 1 atom stereocenters. The Hall–Kier alpha value is -2.05. The van der Waals surface area contributed by atoms with Crippen molar-refractivity contribution in [2.75, 3.05) is 7.11 Å². The summed E-state index contributed by atoms with van der Waals surface area (Å²) in [7, 11) is 1.26. The fourth-order valence-electron chi connectivity index (χ4n) is 1.58. The third-order valence-electron chi connectivity index (χ3n) is 2.52. The van der Waals surface area contributed by atoms with Crippen LogP contribution < -0.4 is 5.32 Å². The van der Waals surface area contributed by atoms with Crippen LogP contribution >= 0.6 is 0 Å². The van der Waals surface area contributed by atoms with E-state index in [1.54, 1.807) is 20.8 Å². The van der Waals surface area contributed by atoms with Crippen molar-refractivity contribution in [1.29, 1.82) is 0 Å². The number of nitrogens with zero attached hydrogens (tertiary/aromatic N) is 1. The lowest BCUT2D eigenvalue weighted by molar-refractivity contribution is 0.0479. The van der Waals surface area contributed by atoms with Crippen molar-refractivity contribution in [2.45, 2.75) is 46.3 Å². The standard InChI is InChI=1S/C14H22N2O5/c1-8(2)10(16-13(18)21-14(3,4)5)11-15-9(7-20-11)12(17)19-6/h7-8,10H,1-6H3,(H,16,18)/t10-/m1/s1. The molecule has 0 aliphatic carbocycles. The Morgan fingerprint density at radius 1 is 1.33 bits per heavy atom. The second-order valence-corrected chi connectivity index (χ2v) is 5.93. The number of carbonyl (C=O) groups excluding carboxylic acids is 2. The van der Waals surface area contributed by atoms with Crippen LogP contribution in [0.2, 0.25) is 0 Å². The van der Waals surface area contributed by atoms with E-state index < -0.39 is 23.7 Å². The fourth-order valence-corrected chi connectivity index (χ4v) is 1.58. The average molecular weight is 298 g/mol. The van der Waals surface area contributed by atoms with E-state index in [1.807, 2.05) is 13.8 Å². The van der Waals surface area contributed by atoms with E-state index in [9.17, 15) is 9.59 Å². The number of aromatic nitrogens is 1. The number of ether oxygens (including phenoxy) is 2. The minimum absolute atomic E-state index is 0.00154. The van der Waals surface area contributed by atoms with Crippen molar-refractivity contribution >= 4 is 12.1 Å². The van der Waals surface area contributed by atoms with Crippen LogP contribution in [-0.4, -0.2) is 29.8 Å². The first-order valence-electron chi connectivity index (χ1n) is 6.67. The lowest BCUT2D eigenvalue weighted by Crippen LogP contribution is -2.37. The van der Waals surface area contributed by atoms with Crippen molar-refractivity contribution < 1.29 is 23.5 Å². The quantitative estimate of drug-likeness (QED) is 0.859. The van der Waals surface area contributed by atoms with E-state index >= 15 is 0 Å². The largest absolute Gasteiger partial charge is 0.464 e. The molecule has 0 radical (unpaired) electrons. The number of amides is 1. The normalized spacial score (nSPS) is 12.9. The SMILES string of the molecule is COC(=O)c1coc([C@H](NC(=O)OC(C)(C)C)C(C)C)n1. The summed E-state index contributed by atoms with van der Waals surface area (Å²) in [5, 5.41) is 2.69. The Kier molecular flexibility index (Phi) is 5.34. The highest BCUT2D eigenvalue weighted by Crippen LogP contribution is 2.22. The summed E-state index contributed by atoms with van der Waals surface area (Å²) in [6, 6.07) is -0.502. The molecule has 0 aliphatic heterocycles. The van der Waals surface area contributed by atoms with Gasteiger partial charge in [-0.2, -0.15) is 0 Å². The predicted molar refractivity (Wildman–Crippen MR) is 74.8 cm³/mol. The van der Waals surface area contributed by atoms with Gasteiger partial charge in [0.05, 0.1) is 7.11 Å². The van der Waals surface area contributed by atoms with Crippen LogP contribution in [0.1, 0.15) is 57.0 Å². The summed E-state index contributed by atoms with van der Waals surface area (Å²) in [6.07, 6.45) is 0.631. The molecule has 1 rings (SSSR count). The van der Waals surface area contributed by atoms with Gasteiger partial charge in [-0.3, -0.25) is 0 Å².